The molecule has 2 heterocycles. The zero-order chi connectivity index (χ0) is 35.2. The van der Waals surface area contributed by atoms with Crippen LogP contribution in [0.3, 0.4) is 0 Å². The molecular weight excluding hydrogens is 614 g/mol. The van der Waals surface area contributed by atoms with Crippen molar-refractivity contribution >= 4 is 35.4 Å². The van der Waals surface area contributed by atoms with Gasteiger partial charge in [0.25, 0.3) is 17.7 Å². The van der Waals surface area contributed by atoms with Gasteiger partial charge in [-0.05, 0) is 37.8 Å². The molecule has 2 aliphatic rings. The van der Waals surface area contributed by atoms with Gasteiger partial charge in [0.05, 0.1) is 5.70 Å². The van der Waals surface area contributed by atoms with Gasteiger partial charge in [0, 0.05) is 52.8 Å². The molecule has 2 aromatic carbocycles. The number of piperazine rings is 1. The first-order valence-corrected chi connectivity index (χ1v) is 16.2. The summed E-state index contributed by atoms with van der Waals surface area (Å²) in [5.41, 5.74) is -1.09. The lowest BCUT2D eigenvalue weighted by atomic mass is 9.89. The van der Waals surface area contributed by atoms with Crippen LogP contribution in [0.15, 0.2) is 66.9 Å². The lowest BCUT2D eigenvalue weighted by Crippen LogP contribution is -2.74. The maximum atomic E-state index is 15.1. The molecule has 0 aliphatic carbocycles. The van der Waals surface area contributed by atoms with Crippen molar-refractivity contribution in [1.82, 2.24) is 24.9 Å². The minimum Gasteiger partial charge on any atom is -0.444 e. The average Bonchev–Trinajstić information content (AvgIpc) is 3.03. The van der Waals surface area contributed by atoms with E-state index in [0.717, 1.165) is 0 Å². The fourth-order valence-corrected chi connectivity index (χ4v) is 6.14. The highest BCUT2D eigenvalue weighted by Gasteiger charge is 2.55. The van der Waals surface area contributed by atoms with Crippen LogP contribution in [-0.2, 0) is 35.1 Å². The quantitative estimate of drug-likeness (QED) is 0.436. The van der Waals surface area contributed by atoms with Gasteiger partial charge in [0.15, 0.2) is 0 Å². The van der Waals surface area contributed by atoms with Crippen LogP contribution in [0.1, 0.15) is 52.7 Å². The minimum atomic E-state index is -1.94. The van der Waals surface area contributed by atoms with Gasteiger partial charge in [-0.1, -0.05) is 74.5 Å². The third-order valence-electron chi connectivity index (χ3n) is 8.17. The molecule has 0 bridgehead atoms. The molecule has 1 fully saturated rings. The molecule has 12 heteroatoms. The Balaban J connectivity index is 1.90. The fourth-order valence-electron chi connectivity index (χ4n) is 6.14. The van der Waals surface area contributed by atoms with Crippen LogP contribution in [0.5, 0.6) is 0 Å². The second kappa shape index (κ2) is 15.0. The molecular formula is C36H47N5O7. The largest absolute Gasteiger partial charge is 0.444 e. The Morgan fingerprint density at radius 1 is 0.896 bits per heavy atom. The zero-order valence-corrected chi connectivity index (χ0v) is 28.9. The maximum absolute atomic E-state index is 15.1. The summed E-state index contributed by atoms with van der Waals surface area (Å²) in [6.45, 7) is 10.8. The minimum absolute atomic E-state index is 0.0642. The molecule has 1 unspecified atom stereocenters. The van der Waals surface area contributed by atoms with Crippen molar-refractivity contribution in [1.29, 1.82) is 0 Å². The number of nitrogens with one attached hydrogen (secondary N) is 1. The average molecular weight is 662 g/mol. The molecule has 2 aliphatic heterocycles. The van der Waals surface area contributed by atoms with E-state index in [0.29, 0.717) is 11.1 Å². The summed E-state index contributed by atoms with van der Waals surface area (Å²) in [6, 6.07) is 17.1. The topological polar surface area (TPSA) is 129 Å². The van der Waals surface area contributed by atoms with Crippen LogP contribution in [0.25, 0.3) is 5.70 Å². The van der Waals surface area contributed by atoms with E-state index in [1.54, 1.807) is 61.0 Å². The van der Waals surface area contributed by atoms with Crippen molar-refractivity contribution in [2.45, 2.75) is 65.3 Å². The van der Waals surface area contributed by atoms with Crippen molar-refractivity contribution in [3.63, 3.8) is 0 Å². The fraction of sp³-hybridized carbons (Fsp3) is 0.472. The maximum Gasteiger partial charge on any atom is 0.410 e. The summed E-state index contributed by atoms with van der Waals surface area (Å²) >= 11 is 0. The Hall–Kier alpha value is -4.71. The molecule has 1 N–H and O–H groups in total. The van der Waals surface area contributed by atoms with Gasteiger partial charge in [0.1, 0.15) is 18.2 Å². The number of carbonyl (C=O) groups is 5. The number of ether oxygens (including phenoxy) is 2. The first kappa shape index (κ1) is 36.1. The molecule has 1 saturated heterocycles. The van der Waals surface area contributed by atoms with E-state index < -0.39 is 47.0 Å². The number of amides is 5. The van der Waals surface area contributed by atoms with Crippen molar-refractivity contribution in [2.75, 3.05) is 39.9 Å². The molecule has 0 spiro atoms. The third kappa shape index (κ3) is 8.04. The monoisotopic (exact) mass is 661 g/mol. The molecule has 0 radical (unpaired) electrons. The van der Waals surface area contributed by atoms with E-state index in [2.05, 4.69) is 5.32 Å². The molecule has 2 aromatic rings. The van der Waals surface area contributed by atoms with Crippen LogP contribution in [-0.4, -0.2) is 107 Å². The summed E-state index contributed by atoms with van der Waals surface area (Å²) in [4.78, 5) is 75.4. The van der Waals surface area contributed by atoms with Gasteiger partial charge in [-0.25, -0.2) is 4.79 Å². The molecule has 2 atom stereocenters. The Bertz CT molecular complexity index is 1510. The molecule has 12 nitrogen and oxygen atoms in total. The van der Waals surface area contributed by atoms with Gasteiger partial charge in [-0.3, -0.25) is 24.1 Å². The van der Waals surface area contributed by atoms with E-state index >= 15 is 9.59 Å². The third-order valence-corrected chi connectivity index (χ3v) is 8.17. The van der Waals surface area contributed by atoms with Crippen LogP contribution >= 0.6 is 0 Å². The van der Waals surface area contributed by atoms with Crippen molar-refractivity contribution < 1.29 is 33.4 Å². The number of benzene rings is 2. The van der Waals surface area contributed by atoms with Gasteiger partial charge in [-0.2, -0.15) is 0 Å². The lowest BCUT2D eigenvalue weighted by Gasteiger charge is -2.51. The molecule has 5 amide bonds. The normalized spacial score (nSPS) is 18.3. The summed E-state index contributed by atoms with van der Waals surface area (Å²) in [6.07, 6.45) is 1.04. The summed E-state index contributed by atoms with van der Waals surface area (Å²) in [5.74, 6) is -2.35. The number of methoxy groups -OCH3 is 1. The van der Waals surface area contributed by atoms with E-state index in [1.807, 2.05) is 50.2 Å². The lowest BCUT2D eigenvalue weighted by molar-refractivity contribution is -0.161. The Morgan fingerprint density at radius 2 is 1.46 bits per heavy atom. The highest BCUT2D eigenvalue weighted by atomic mass is 16.6. The second-order valence-electron chi connectivity index (χ2n) is 13.4. The molecule has 4 rings (SSSR count). The standard InChI is InChI=1S/C36H47N5O7/c1-25(2)31-32(44)41(29(28-16-12-9-13-17-28)23-40(31)30(43)24-47-7)36(37-26(3)42,22-27-14-10-8-11-15-27)33(45)38-18-20-39(21-19-38)34(46)48-35(4,5)6/h8-17,23,25,31H,18-22,24H2,1-7H3,(H,37,42)/t31?,36-/m0/s1. The summed E-state index contributed by atoms with van der Waals surface area (Å²) < 4.78 is 10.7. The molecule has 258 valence electrons. The Labute approximate surface area is 282 Å². The van der Waals surface area contributed by atoms with Gasteiger partial charge in [-0.15, -0.1) is 0 Å². The van der Waals surface area contributed by atoms with Gasteiger partial charge in [0.2, 0.25) is 11.6 Å². The number of hydrogen-bond donors (Lipinski definition) is 1. The smallest absolute Gasteiger partial charge is 0.410 e. The number of hydrogen-bond acceptors (Lipinski definition) is 7. The van der Waals surface area contributed by atoms with Crippen LogP contribution in [0.4, 0.5) is 4.79 Å². The zero-order valence-electron chi connectivity index (χ0n) is 28.9. The highest BCUT2D eigenvalue weighted by Crippen LogP contribution is 2.38. The van der Waals surface area contributed by atoms with Crippen molar-refractivity contribution in [3.8, 4) is 0 Å². The predicted octanol–water partition coefficient (Wildman–Crippen LogP) is 3.48. The summed E-state index contributed by atoms with van der Waals surface area (Å²) in [5, 5.41) is 2.93. The van der Waals surface area contributed by atoms with E-state index in [4.69, 9.17) is 9.47 Å². The van der Waals surface area contributed by atoms with Gasteiger partial charge < -0.3 is 29.5 Å². The number of nitrogens with zero attached hydrogens (tertiary/aromatic N) is 4. The highest BCUT2D eigenvalue weighted by molar-refractivity contribution is 6.04. The molecule has 0 aromatic heterocycles. The number of carbonyl (C=O) groups excluding carboxylic acids is 5. The van der Waals surface area contributed by atoms with E-state index in [-0.39, 0.29) is 50.8 Å². The SMILES string of the molecule is COCC(=O)N1C=C(c2ccccc2)N([C@](Cc2ccccc2)(NC(C)=O)C(=O)N2CCN(C(=O)OC(C)(C)C)CC2)C(=O)C1C(C)C. The first-order valence-electron chi connectivity index (χ1n) is 16.2. The Morgan fingerprint density at radius 3 is 1.98 bits per heavy atom. The van der Waals surface area contributed by atoms with Crippen LogP contribution in [0.2, 0.25) is 0 Å². The summed E-state index contributed by atoms with van der Waals surface area (Å²) in [7, 11) is 1.41. The van der Waals surface area contributed by atoms with E-state index in [1.165, 1.54) is 23.8 Å². The Kier molecular flexibility index (Phi) is 11.3. The molecule has 48 heavy (non-hydrogen) atoms. The predicted molar refractivity (Wildman–Crippen MR) is 180 cm³/mol. The second-order valence-corrected chi connectivity index (χ2v) is 13.4. The first-order chi connectivity index (χ1) is 22.7. The van der Waals surface area contributed by atoms with Crippen molar-refractivity contribution in [3.05, 3.63) is 78.0 Å². The van der Waals surface area contributed by atoms with Crippen molar-refractivity contribution in [2.24, 2.45) is 5.92 Å². The van der Waals surface area contributed by atoms with Crippen LogP contribution < -0.4 is 5.32 Å². The van der Waals surface area contributed by atoms with Crippen LogP contribution in [0, 0.1) is 5.92 Å². The van der Waals surface area contributed by atoms with E-state index in [9.17, 15) is 14.4 Å². The molecule has 0 saturated carbocycles. The number of rotatable bonds is 9. The van der Waals surface area contributed by atoms with Gasteiger partial charge >= 0.3 is 6.09 Å².